The minimum Gasteiger partial charge on any atom is -0.309 e. The number of alkyl halides is 1. The Bertz CT molecular complexity index is 167. The lowest BCUT2D eigenvalue weighted by atomic mass is 9.94. The molecule has 1 fully saturated rings. The summed E-state index contributed by atoms with van der Waals surface area (Å²) in [7, 11) is 4.32. The van der Waals surface area contributed by atoms with Crippen LogP contribution in [0.4, 0.5) is 0 Å². The average Bonchev–Trinajstić information content (AvgIpc) is 2.29. The molecule has 1 aliphatic rings. The van der Waals surface area contributed by atoms with Gasteiger partial charge in [-0.3, -0.25) is 4.90 Å². The molecule has 0 aromatic heterocycles. The minimum absolute atomic E-state index is 0.869. The Morgan fingerprint density at radius 3 is 2.25 bits per heavy atom. The lowest BCUT2D eigenvalue weighted by Crippen LogP contribution is -2.39. The smallest absolute Gasteiger partial charge is 0.0159 e. The summed E-state index contributed by atoms with van der Waals surface area (Å²) in [6.45, 7) is 3.71. The van der Waals surface area contributed by atoms with E-state index in [1.165, 1.54) is 58.2 Å². The van der Waals surface area contributed by atoms with Gasteiger partial charge in [-0.25, -0.2) is 0 Å². The van der Waals surface area contributed by atoms with Crippen LogP contribution < -0.4 is 0 Å². The molecule has 0 atom stereocenters. The van der Waals surface area contributed by atoms with Crippen molar-refractivity contribution in [1.29, 1.82) is 0 Å². The van der Waals surface area contributed by atoms with Crippen molar-refractivity contribution in [2.45, 2.75) is 44.6 Å². The molecule has 0 radical (unpaired) electrons. The van der Waals surface area contributed by atoms with E-state index in [0.717, 1.165) is 11.4 Å². The van der Waals surface area contributed by atoms with Gasteiger partial charge in [0, 0.05) is 17.9 Å². The van der Waals surface area contributed by atoms with E-state index < -0.39 is 0 Å². The Morgan fingerprint density at radius 1 is 1.00 bits per heavy atom. The van der Waals surface area contributed by atoms with Gasteiger partial charge in [0.1, 0.15) is 0 Å². The second-order valence-electron chi connectivity index (χ2n) is 5.17. The van der Waals surface area contributed by atoms with E-state index in [0.29, 0.717) is 0 Å². The van der Waals surface area contributed by atoms with Crippen LogP contribution in [0.2, 0.25) is 0 Å². The molecule has 1 aliphatic carbocycles. The van der Waals surface area contributed by atoms with Gasteiger partial charge in [-0.1, -0.05) is 35.2 Å². The minimum atomic E-state index is 0.869. The quantitative estimate of drug-likeness (QED) is 0.665. The van der Waals surface area contributed by atoms with Gasteiger partial charge < -0.3 is 4.90 Å². The van der Waals surface area contributed by atoms with Crippen LogP contribution in [0, 0.1) is 0 Å². The van der Waals surface area contributed by atoms with E-state index in [1.54, 1.807) is 0 Å². The van der Waals surface area contributed by atoms with E-state index in [2.05, 4.69) is 39.8 Å². The molecule has 0 heterocycles. The molecule has 0 aromatic carbocycles. The first-order chi connectivity index (χ1) is 7.74. The molecule has 0 saturated heterocycles. The van der Waals surface area contributed by atoms with Crippen molar-refractivity contribution in [3.63, 3.8) is 0 Å². The van der Waals surface area contributed by atoms with Crippen LogP contribution in [0.15, 0.2) is 0 Å². The highest BCUT2D eigenvalue weighted by molar-refractivity contribution is 9.09. The number of rotatable bonds is 7. The molecule has 0 aliphatic heterocycles. The van der Waals surface area contributed by atoms with Gasteiger partial charge in [0.15, 0.2) is 0 Å². The van der Waals surface area contributed by atoms with Crippen LogP contribution in [0.5, 0.6) is 0 Å². The number of halogens is 1. The third-order valence-electron chi connectivity index (χ3n) is 3.51. The lowest BCUT2D eigenvalue weighted by Gasteiger charge is -2.34. The van der Waals surface area contributed by atoms with Gasteiger partial charge in [0.25, 0.3) is 0 Å². The van der Waals surface area contributed by atoms with Crippen molar-refractivity contribution in [1.82, 2.24) is 9.80 Å². The van der Waals surface area contributed by atoms with Crippen molar-refractivity contribution in [3.8, 4) is 0 Å². The van der Waals surface area contributed by atoms with E-state index in [-0.39, 0.29) is 0 Å². The molecule has 96 valence electrons. The van der Waals surface area contributed by atoms with Crippen molar-refractivity contribution >= 4 is 15.9 Å². The monoisotopic (exact) mass is 290 g/mol. The highest BCUT2D eigenvalue weighted by Crippen LogP contribution is 2.22. The van der Waals surface area contributed by atoms with Crippen LogP contribution in [0.1, 0.15) is 38.5 Å². The fourth-order valence-corrected chi connectivity index (χ4v) is 3.08. The molecule has 3 heteroatoms. The van der Waals surface area contributed by atoms with Crippen LogP contribution in [0.3, 0.4) is 0 Å². The van der Waals surface area contributed by atoms with E-state index in [1.807, 2.05) is 0 Å². The van der Waals surface area contributed by atoms with Gasteiger partial charge >= 0.3 is 0 Å². The number of hydrogen-bond acceptors (Lipinski definition) is 2. The molecule has 0 spiro atoms. The summed E-state index contributed by atoms with van der Waals surface area (Å²) >= 11 is 3.59. The first-order valence-corrected chi connectivity index (χ1v) is 7.81. The van der Waals surface area contributed by atoms with Crippen LogP contribution in [-0.4, -0.2) is 54.9 Å². The predicted octanol–water partition coefficient (Wildman–Crippen LogP) is 2.97. The van der Waals surface area contributed by atoms with Gasteiger partial charge in [0.05, 0.1) is 0 Å². The maximum atomic E-state index is 3.59. The molecular formula is C13H27BrN2. The third-order valence-corrected chi connectivity index (χ3v) is 3.87. The number of hydrogen-bond donors (Lipinski definition) is 0. The fraction of sp³-hybridized carbons (Fsp3) is 1.00. The summed E-state index contributed by atoms with van der Waals surface area (Å²) < 4.78 is 0. The highest BCUT2D eigenvalue weighted by atomic mass is 79.9. The van der Waals surface area contributed by atoms with Crippen molar-refractivity contribution in [2.24, 2.45) is 0 Å². The van der Waals surface area contributed by atoms with Gasteiger partial charge in [-0.05, 0) is 46.4 Å². The average molecular weight is 291 g/mol. The molecule has 0 N–H and O–H groups in total. The normalized spacial score (nSPS) is 18.6. The van der Waals surface area contributed by atoms with Gasteiger partial charge in [-0.15, -0.1) is 0 Å². The summed E-state index contributed by atoms with van der Waals surface area (Å²) in [6.07, 6.45) is 8.49. The first-order valence-electron chi connectivity index (χ1n) is 6.69. The summed E-state index contributed by atoms with van der Waals surface area (Å²) in [6, 6.07) is 0.869. The molecular weight excluding hydrogens is 264 g/mol. The zero-order valence-electron chi connectivity index (χ0n) is 10.9. The second-order valence-corrected chi connectivity index (χ2v) is 5.97. The van der Waals surface area contributed by atoms with E-state index in [4.69, 9.17) is 0 Å². The topological polar surface area (TPSA) is 6.48 Å². The van der Waals surface area contributed by atoms with E-state index in [9.17, 15) is 0 Å². The van der Waals surface area contributed by atoms with Crippen LogP contribution in [0.25, 0.3) is 0 Å². The lowest BCUT2D eigenvalue weighted by molar-refractivity contribution is 0.159. The Labute approximate surface area is 109 Å². The van der Waals surface area contributed by atoms with Crippen LogP contribution >= 0.6 is 15.9 Å². The standard InChI is InChI=1S/C13H27BrN2/c1-15(2)10-6-11-16(12-9-14)13-7-4-3-5-8-13/h13H,3-12H2,1-2H3. The molecule has 0 aromatic rings. The molecule has 1 saturated carbocycles. The number of nitrogens with zero attached hydrogens (tertiary/aromatic N) is 2. The Balaban J connectivity index is 2.27. The fourth-order valence-electron chi connectivity index (χ4n) is 2.62. The first kappa shape index (κ1) is 14.5. The SMILES string of the molecule is CN(C)CCCN(CCBr)C1CCCCC1. The predicted molar refractivity (Wildman–Crippen MR) is 75.4 cm³/mol. The summed E-state index contributed by atoms with van der Waals surface area (Å²) in [5.41, 5.74) is 0. The molecule has 0 amide bonds. The third kappa shape index (κ3) is 5.65. The molecule has 1 rings (SSSR count). The van der Waals surface area contributed by atoms with Gasteiger partial charge in [0.2, 0.25) is 0 Å². The zero-order chi connectivity index (χ0) is 11.8. The zero-order valence-corrected chi connectivity index (χ0v) is 12.5. The van der Waals surface area contributed by atoms with Gasteiger partial charge in [-0.2, -0.15) is 0 Å². The largest absolute Gasteiger partial charge is 0.309 e. The Kier molecular flexibility index (Phi) is 7.67. The summed E-state index contributed by atoms with van der Waals surface area (Å²) in [5.74, 6) is 0. The maximum Gasteiger partial charge on any atom is 0.0159 e. The van der Waals surface area contributed by atoms with Crippen molar-refractivity contribution in [2.75, 3.05) is 39.1 Å². The van der Waals surface area contributed by atoms with Crippen molar-refractivity contribution < 1.29 is 0 Å². The molecule has 2 nitrogen and oxygen atoms in total. The second kappa shape index (κ2) is 8.48. The van der Waals surface area contributed by atoms with Crippen LogP contribution in [-0.2, 0) is 0 Å². The van der Waals surface area contributed by atoms with E-state index >= 15 is 0 Å². The highest BCUT2D eigenvalue weighted by Gasteiger charge is 2.19. The summed E-state index contributed by atoms with van der Waals surface area (Å²) in [4.78, 5) is 4.99. The summed E-state index contributed by atoms with van der Waals surface area (Å²) in [5, 5.41) is 1.12. The molecule has 0 unspecified atom stereocenters. The molecule has 0 bridgehead atoms. The Morgan fingerprint density at radius 2 is 1.69 bits per heavy atom. The Hall–Kier alpha value is 0.400. The van der Waals surface area contributed by atoms with Crippen molar-refractivity contribution in [3.05, 3.63) is 0 Å². The molecule has 16 heavy (non-hydrogen) atoms. The maximum absolute atomic E-state index is 3.59.